The number of hydrogen-bond donors (Lipinski definition) is 1. The van der Waals surface area contributed by atoms with Crippen LogP contribution in [0.2, 0.25) is 5.02 Å². The van der Waals surface area contributed by atoms with Crippen LogP contribution in [-0.2, 0) is 11.3 Å². The number of rotatable bonds is 9. The van der Waals surface area contributed by atoms with Crippen LogP contribution in [-0.4, -0.2) is 40.3 Å². The number of nitrogens with one attached hydrogen (secondary N) is 1. The van der Waals surface area contributed by atoms with Crippen LogP contribution in [0.3, 0.4) is 0 Å². The number of carbonyl (C=O) groups is 2. The van der Waals surface area contributed by atoms with Crippen LogP contribution in [0.1, 0.15) is 26.3 Å². The third-order valence-electron chi connectivity index (χ3n) is 4.94. The summed E-state index contributed by atoms with van der Waals surface area (Å²) in [6.07, 6.45) is 0. The molecule has 178 valence electrons. The molecule has 0 saturated heterocycles. The van der Waals surface area contributed by atoms with Crippen LogP contribution < -0.4 is 24.3 Å². The summed E-state index contributed by atoms with van der Waals surface area (Å²) in [5.41, 5.74) is 1.28. The zero-order valence-corrected chi connectivity index (χ0v) is 19.9. The number of amides is 1. The highest BCUT2D eigenvalue weighted by Gasteiger charge is 2.20. The normalized spacial score (nSPS) is 10.3. The molecule has 3 aromatic carbocycles. The van der Waals surface area contributed by atoms with Crippen molar-refractivity contribution in [2.45, 2.75) is 6.61 Å². The van der Waals surface area contributed by atoms with Gasteiger partial charge in [-0.25, -0.2) is 4.79 Å². The number of esters is 1. The largest absolute Gasteiger partial charge is 0.496 e. The summed E-state index contributed by atoms with van der Waals surface area (Å²) in [7, 11) is 5.68. The van der Waals surface area contributed by atoms with Crippen molar-refractivity contribution >= 4 is 29.2 Å². The van der Waals surface area contributed by atoms with E-state index < -0.39 is 11.9 Å². The fourth-order valence-corrected chi connectivity index (χ4v) is 3.40. The Morgan fingerprint density at radius 1 is 0.824 bits per heavy atom. The van der Waals surface area contributed by atoms with Crippen LogP contribution in [0.5, 0.6) is 23.0 Å². The van der Waals surface area contributed by atoms with Crippen molar-refractivity contribution in [2.75, 3.05) is 33.8 Å². The molecule has 0 aromatic heterocycles. The lowest BCUT2D eigenvalue weighted by Gasteiger charge is -2.16. The quantitative estimate of drug-likeness (QED) is 0.427. The molecule has 0 heterocycles. The van der Waals surface area contributed by atoms with Gasteiger partial charge in [0.15, 0.2) is 11.5 Å². The molecule has 0 unspecified atom stereocenters. The zero-order valence-electron chi connectivity index (χ0n) is 19.1. The fraction of sp³-hybridized carbons (Fsp3) is 0.200. The molecule has 0 spiro atoms. The number of carbonyl (C=O) groups excluding carboxylic acids is 2. The molecular formula is C25H24ClNO7. The Labute approximate surface area is 202 Å². The molecule has 1 amide bonds. The van der Waals surface area contributed by atoms with Gasteiger partial charge >= 0.3 is 5.97 Å². The maximum Gasteiger partial charge on any atom is 0.340 e. The molecule has 0 aliphatic rings. The summed E-state index contributed by atoms with van der Waals surface area (Å²) in [6, 6.07) is 14.9. The smallest absolute Gasteiger partial charge is 0.340 e. The topological polar surface area (TPSA) is 92.3 Å². The maximum absolute atomic E-state index is 13.1. The molecule has 0 aliphatic heterocycles. The number of anilines is 1. The minimum Gasteiger partial charge on any atom is -0.496 e. The third kappa shape index (κ3) is 5.52. The lowest BCUT2D eigenvalue weighted by Crippen LogP contribution is -2.16. The lowest BCUT2D eigenvalue weighted by atomic mass is 10.1. The molecule has 0 radical (unpaired) electrons. The van der Waals surface area contributed by atoms with E-state index in [0.29, 0.717) is 39.1 Å². The first-order chi connectivity index (χ1) is 16.4. The minimum atomic E-state index is -0.639. The van der Waals surface area contributed by atoms with E-state index in [1.54, 1.807) is 36.4 Å². The number of ether oxygens (including phenoxy) is 5. The molecular weight excluding hydrogens is 462 g/mol. The van der Waals surface area contributed by atoms with Crippen molar-refractivity contribution in [1.29, 1.82) is 0 Å². The number of halogens is 1. The predicted octanol–water partition coefficient (Wildman–Crippen LogP) is 4.98. The number of benzene rings is 3. The van der Waals surface area contributed by atoms with Crippen molar-refractivity contribution in [3.05, 3.63) is 76.3 Å². The molecule has 0 fully saturated rings. The Kier molecular flexibility index (Phi) is 8.21. The van der Waals surface area contributed by atoms with Gasteiger partial charge in [0.25, 0.3) is 5.91 Å². The Balaban J connectivity index is 1.89. The predicted molar refractivity (Wildman–Crippen MR) is 128 cm³/mol. The third-order valence-corrected chi connectivity index (χ3v) is 5.25. The number of methoxy groups -OCH3 is 4. The Morgan fingerprint density at radius 2 is 1.50 bits per heavy atom. The van der Waals surface area contributed by atoms with Gasteiger partial charge < -0.3 is 29.0 Å². The number of para-hydroxylation sites is 1. The minimum absolute atomic E-state index is 0.115. The van der Waals surface area contributed by atoms with Gasteiger partial charge in [0.05, 0.1) is 44.7 Å². The van der Waals surface area contributed by atoms with Crippen LogP contribution in [0.4, 0.5) is 5.69 Å². The van der Waals surface area contributed by atoms with Crippen molar-refractivity contribution in [3.63, 3.8) is 0 Å². The van der Waals surface area contributed by atoms with E-state index in [0.717, 1.165) is 0 Å². The van der Waals surface area contributed by atoms with Gasteiger partial charge in [-0.1, -0.05) is 23.7 Å². The van der Waals surface area contributed by atoms with Crippen molar-refractivity contribution in [3.8, 4) is 23.0 Å². The second kappa shape index (κ2) is 11.3. The maximum atomic E-state index is 13.1. The summed E-state index contributed by atoms with van der Waals surface area (Å²) < 4.78 is 26.6. The van der Waals surface area contributed by atoms with E-state index in [1.165, 1.54) is 40.6 Å². The lowest BCUT2D eigenvalue weighted by molar-refractivity contribution is 0.0601. The van der Waals surface area contributed by atoms with E-state index in [-0.39, 0.29) is 17.9 Å². The first-order valence-corrected chi connectivity index (χ1v) is 10.5. The van der Waals surface area contributed by atoms with E-state index in [4.69, 9.17) is 35.3 Å². The average molecular weight is 486 g/mol. The summed E-state index contributed by atoms with van der Waals surface area (Å²) >= 11 is 6.16. The molecule has 8 nitrogen and oxygen atoms in total. The van der Waals surface area contributed by atoms with E-state index in [2.05, 4.69) is 5.32 Å². The van der Waals surface area contributed by atoms with Crippen molar-refractivity contribution in [1.82, 2.24) is 0 Å². The monoisotopic (exact) mass is 485 g/mol. The molecule has 9 heteroatoms. The highest BCUT2D eigenvalue weighted by Crippen LogP contribution is 2.34. The van der Waals surface area contributed by atoms with Gasteiger partial charge in [0, 0.05) is 23.3 Å². The molecule has 0 atom stereocenters. The van der Waals surface area contributed by atoms with Gasteiger partial charge in [0.1, 0.15) is 18.1 Å². The fourth-order valence-electron chi connectivity index (χ4n) is 3.21. The van der Waals surface area contributed by atoms with Crippen LogP contribution in [0, 0.1) is 0 Å². The van der Waals surface area contributed by atoms with Crippen LogP contribution in [0.15, 0.2) is 54.6 Å². The highest BCUT2D eigenvalue weighted by molar-refractivity contribution is 6.32. The molecule has 34 heavy (non-hydrogen) atoms. The average Bonchev–Trinajstić information content (AvgIpc) is 2.87. The Bertz CT molecular complexity index is 1200. The summed E-state index contributed by atoms with van der Waals surface area (Å²) in [5.74, 6) is 0.622. The van der Waals surface area contributed by atoms with Gasteiger partial charge in [-0.15, -0.1) is 0 Å². The molecule has 0 bridgehead atoms. The molecule has 1 N–H and O–H groups in total. The first-order valence-electron chi connectivity index (χ1n) is 10.1. The Morgan fingerprint density at radius 3 is 2.15 bits per heavy atom. The zero-order chi connectivity index (χ0) is 24.7. The first kappa shape index (κ1) is 24.7. The standard InChI is InChI=1S/C25H24ClNO7/c1-30-20-10-9-15(11-16(20)14-34-21-8-6-5-7-18(21)26)24(28)27-19-13-23(32-3)22(31-2)12-17(19)25(29)33-4/h5-13H,14H2,1-4H3,(H,27,28). The van der Waals surface area contributed by atoms with E-state index in [9.17, 15) is 9.59 Å². The summed E-state index contributed by atoms with van der Waals surface area (Å²) in [5, 5.41) is 3.21. The van der Waals surface area contributed by atoms with Gasteiger partial charge in [-0.05, 0) is 30.3 Å². The number of hydrogen-bond acceptors (Lipinski definition) is 7. The SMILES string of the molecule is COC(=O)c1cc(OC)c(OC)cc1NC(=O)c1ccc(OC)c(COc2ccccc2Cl)c1. The van der Waals surface area contributed by atoms with Crippen molar-refractivity contribution in [2.24, 2.45) is 0 Å². The highest BCUT2D eigenvalue weighted by atomic mass is 35.5. The van der Waals surface area contributed by atoms with Gasteiger partial charge in [0.2, 0.25) is 0 Å². The Hall–Kier alpha value is -3.91. The van der Waals surface area contributed by atoms with Crippen LogP contribution in [0.25, 0.3) is 0 Å². The van der Waals surface area contributed by atoms with Crippen molar-refractivity contribution < 1.29 is 33.3 Å². The molecule has 3 rings (SSSR count). The second-order valence-electron chi connectivity index (χ2n) is 6.94. The van der Waals surface area contributed by atoms with E-state index >= 15 is 0 Å². The van der Waals surface area contributed by atoms with Gasteiger partial charge in [-0.2, -0.15) is 0 Å². The van der Waals surface area contributed by atoms with Gasteiger partial charge in [-0.3, -0.25) is 4.79 Å². The summed E-state index contributed by atoms with van der Waals surface area (Å²) in [6.45, 7) is 0.123. The molecule has 3 aromatic rings. The summed E-state index contributed by atoms with van der Waals surface area (Å²) in [4.78, 5) is 25.4. The van der Waals surface area contributed by atoms with E-state index in [1.807, 2.05) is 6.07 Å². The molecule has 0 saturated carbocycles. The molecule has 0 aliphatic carbocycles. The second-order valence-corrected chi connectivity index (χ2v) is 7.35. The van der Waals surface area contributed by atoms with Crippen LogP contribution >= 0.6 is 11.6 Å².